The molecular formula is C23H30ClNO3. The molecule has 0 bridgehead atoms. The van der Waals surface area contributed by atoms with Crippen LogP contribution in [0.15, 0.2) is 42.5 Å². The summed E-state index contributed by atoms with van der Waals surface area (Å²) in [7, 11) is 3.21. The van der Waals surface area contributed by atoms with Crippen LogP contribution in [0.3, 0.4) is 0 Å². The van der Waals surface area contributed by atoms with Crippen LogP contribution in [0.4, 0.5) is 5.69 Å². The molecule has 0 unspecified atom stereocenters. The Bertz CT molecular complexity index is 746. The lowest BCUT2D eigenvalue weighted by Gasteiger charge is -2.24. The van der Waals surface area contributed by atoms with E-state index in [0.717, 1.165) is 24.3 Å². The molecule has 152 valence electrons. The van der Waals surface area contributed by atoms with Gasteiger partial charge in [0.15, 0.2) is 0 Å². The number of anilines is 1. The molecule has 5 heteroatoms. The zero-order valence-electron chi connectivity index (χ0n) is 17.0. The van der Waals surface area contributed by atoms with E-state index in [0.29, 0.717) is 22.9 Å². The van der Waals surface area contributed by atoms with E-state index in [1.54, 1.807) is 37.3 Å². The fraction of sp³-hybridized carbons (Fsp3) is 0.435. The number of hydrogen-bond donors (Lipinski definition) is 0. The standard InChI is InChI=1S/C23H30ClNO3/c1-4-5-6-7-8-9-16-25(18-10-12-19(27-2)13-11-18)23(26)21-15-14-20(28-3)17-22(21)24/h10-15,17H,4-9,16H2,1-3H3. The van der Waals surface area contributed by atoms with E-state index in [9.17, 15) is 4.79 Å². The van der Waals surface area contributed by atoms with Crippen molar-refractivity contribution in [2.75, 3.05) is 25.7 Å². The lowest BCUT2D eigenvalue weighted by Crippen LogP contribution is -2.32. The highest BCUT2D eigenvalue weighted by molar-refractivity contribution is 6.34. The Morgan fingerprint density at radius 1 is 0.893 bits per heavy atom. The van der Waals surface area contributed by atoms with Crippen molar-refractivity contribution in [3.63, 3.8) is 0 Å². The Balaban J connectivity index is 2.17. The van der Waals surface area contributed by atoms with Crippen molar-refractivity contribution in [2.24, 2.45) is 0 Å². The highest BCUT2D eigenvalue weighted by atomic mass is 35.5. The number of carbonyl (C=O) groups is 1. The summed E-state index contributed by atoms with van der Waals surface area (Å²) in [5.74, 6) is 1.29. The van der Waals surface area contributed by atoms with E-state index in [1.807, 2.05) is 24.3 Å². The van der Waals surface area contributed by atoms with Crippen LogP contribution in [-0.4, -0.2) is 26.7 Å². The van der Waals surface area contributed by atoms with Gasteiger partial charge in [-0.3, -0.25) is 4.79 Å². The SMILES string of the molecule is CCCCCCCCN(C(=O)c1ccc(OC)cc1Cl)c1ccc(OC)cc1. The molecule has 0 saturated carbocycles. The first-order chi connectivity index (χ1) is 13.6. The first kappa shape index (κ1) is 22.1. The topological polar surface area (TPSA) is 38.8 Å². The van der Waals surface area contributed by atoms with Gasteiger partial charge in [-0.25, -0.2) is 0 Å². The largest absolute Gasteiger partial charge is 0.497 e. The van der Waals surface area contributed by atoms with Gasteiger partial charge in [-0.2, -0.15) is 0 Å². The van der Waals surface area contributed by atoms with Crippen LogP contribution in [0.2, 0.25) is 5.02 Å². The first-order valence-electron chi connectivity index (χ1n) is 9.90. The maximum atomic E-state index is 13.3. The highest BCUT2D eigenvalue weighted by Crippen LogP contribution is 2.27. The number of benzene rings is 2. The maximum absolute atomic E-state index is 13.3. The summed E-state index contributed by atoms with van der Waals surface area (Å²) in [6.07, 6.45) is 7.00. The van der Waals surface area contributed by atoms with Gasteiger partial charge in [-0.15, -0.1) is 0 Å². The molecule has 0 fully saturated rings. The minimum absolute atomic E-state index is 0.105. The molecule has 0 radical (unpaired) electrons. The molecule has 0 aliphatic rings. The maximum Gasteiger partial charge on any atom is 0.259 e. The molecule has 2 rings (SSSR count). The number of unbranched alkanes of at least 4 members (excludes halogenated alkanes) is 5. The summed E-state index contributed by atoms with van der Waals surface area (Å²) in [6.45, 7) is 2.86. The minimum Gasteiger partial charge on any atom is -0.497 e. The van der Waals surface area contributed by atoms with Crippen LogP contribution < -0.4 is 14.4 Å². The summed E-state index contributed by atoms with van der Waals surface area (Å²) >= 11 is 6.35. The van der Waals surface area contributed by atoms with Crippen molar-refractivity contribution < 1.29 is 14.3 Å². The van der Waals surface area contributed by atoms with Gasteiger partial charge in [-0.1, -0.05) is 50.6 Å². The van der Waals surface area contributed by atoms with Gasteiger partial charge in [0.05, 0.1) is 24.8 Å². The van der Waals surface area contributed by atoms with Crippen LogP contribution in [0, 0.1) is 0 Å². The molecule has 1 amide bonds. The second-order valence-electron chi connectivity index (χ2n) is 6.77. The third-order valence-corrected chi connectivity index (χ3v) is 5.08. The molecule has 0 saturated heterocycles. The average molecular weight is 404 g/mol. The predicted octanol–water partition coefficient (Wildman–Crippen LogP) is 6.36. The van der Waals surface area contributed by atoms with Crippen molar-refractivity contribution in [2.45, 2.75) is 45.4 Å². The molecule has 0 aromatic heterocycles. The Labute approximate surface area is 173 Å². The molecule has 0 aliphatic heterocycles. The smallest absolute Gasteiger partial charge is 0.259 e. The van der Waals surface area contributed by atoms with Crippen molar-refractivity contribution in [3.8, 4) is 11.5 Å². The molecule has 2 aromatic carbocycles. The second-order valence-corrected chi connectivity index (χ2v) is 7.18. The highest BCUT2D eigenvalue weighted by Gasteiger charge is 2.20. The minimum atomic E-state index is -0.105. The zero-order chi connectivity index (χ0) is 20.4. The number of ether oxygens (including phenoxy) is 2. The summed E-state index contributed by atoms with van der Waals surface area (Å²) < 4.78 is 10.4. The number of halogens is 1. The summed E-state index contributed by atoms with van der Waals surface area (Å²) in [6, 6.07) is 12.7. The fourth-order valence-electron chi connectivity index (χ4n) is 3.10. The van der Waals surface area contributed by atoms with Gasteiger partial charge in [0, 0.05) is 12.2 Å². The molecule has 28 heavy (non-hydrogen) atoms. The van der Waals surface area contributed by atoms with Crippen LogP contribution in [0.5, 0.6) is 11.5 Å². The lowest BCUT2D eigenvalue weighted by molar-refractivity contribution is 0.0986. The van der Waals surface area contributed by atoms with Crippen LogP contribution in [0.1, 0.15) is 55.8 Å². The van der Waals surface area contributed by atoms with E-state index < -0.39 is 0 Å². The molecule has 0 spiro atoms. The molecular weight excluding hydrogens is 374 g/mol. The van der Waals surface area contributed by atoms with E-state index in [2.05, 4.69) is 6.92 Å². The fourth-order valence-corrected chi connectivity index (χ4v) is 3.35. The van der Waals surface area contributed by atoms with Gasteiger partial charge in [0.25, 0.3) is 5.91 Å². The second kappa shape index (κ2) is 11.6. The number of amides is 1. The Hall–Kier alpha value is -2.20. The third-order valence-electron chi connectivity index (χ3n) is 4.77. The van der Waals surface area contributed by atoms with Gasteiger partial charge in [0.2, 0.25) is 0 Å². The molecule has 2 aromatic rings. The predicted molar refractivity (Wildman–Crippen MR) is 116 cm³/mol. The average Bonchev–Trinajstić information content (AvgIpc) is 2.73. The quantitative estimate of drug-likeness (QED) is 0.409. The molecule has 0 atom stereocenters. The number of nitrogens with zero attached hydrogens (tertiary/aromatic N) is 1. The number of hydrogen-bond acceptors (Lipinski definition) is 3. The number of rotatable bonds is 11. The van der Waals surface area contributed by atoms with Gasteiger partial charge < -0.3 is 14.4 Å². The van der Waals surface area contributed by atoms with Gasteiger partial charge in [-0.05, 0) is 48.9 Å². The molecule has 0 heterocycles. The summed E-state index contributed by atoms with van der Waals surface area (Å²) in [5, 5.41) is 0.394. The van der Waals surface area contributed by atoms with Gasteiger partial charge in [0.1, 0.15) is 11.5 Å². The molecule has 0 N–H and O–H groups in total. The van der Waals surface area contributed by atoms with Crippen molar-refractivity contribution in [3.05, 3.63) is 53.1 Å². The van der Waals surface area contributed by atoms with E-state index >= 15 is 0 Å². The first-order valence-corrected chi connectivity index (χ1v) is 10.3. The van der Waals surface area contributed by atoms with E-state index in [-0.39, 0.29) is 5.91 Å². The van der Waals surface area contributed by atoms with Gasteiger partial charge >= 0.3 is 0 Å². The summed E-state index contributed by atoms with van der Waals surface area (Å²) in [4.78, 5) is 15.1. The van der Waals surface area contributed by atoms with Crippen molar-refractivity contribution >= 4 is 23.2 Å². The number of methoxy groups -OCH3 is 2. The zero-order valence-corrected chi connectivity index (χ0v) is 17.8. The van der Waals surface area contributed by atoms with Crippen molar-refractivity contribution in [1.82, 2.24) is 0 Å². The molecule has 0 aliphatic carbocycles. The monoisotopic (exact) mass is 403 g/mol. The lowest BCUT2D eigenvalue weighted by atomic mass is 10.1. The van der Waals surface area contributed by atoms with Crippen LogP contribution >= 0.6 is 11.6 Å². The Morgan fingerprint density at radius 3 is 2.11 bits per heavy atom. The number of carbonyl (C=O) groups excluding carboxylic acids is 1. The van der Waals surface area contributed by atoms with Crippen LogP contribution in [0.25, 0.3) is 0 Å². The Morgan fingerprint density at radius 2 is 1.50 bits per heavy atom. The Kier molecular flexibility index (Phi) is 9.15. The van der Waals surface area contributed by atoms with Crippen molar-refractivity contribution in [1.29, 1.82) is 0 Å². The normalized spacial score (nSPS) is 10.6. The third kappa shape index (κ3) is 6.16. The van der Waals surface area contributed by atoms with Crippen LogP contribution in [-0.2, 0) is 0 Å². The summed E-state index contributed by atoms with van der Waals surface area (Å²) in [5.41, 5.74) is 1.32. The molecule has 4 nitrogen and oxygen atoms in total. The van der Waals surface area contributed by atoms with E-state index in [1.165, 1.54) is 25.7 Å². The van der Waals surface area contributed by atoms with E-state index in [4.69, 9.17) is 21.1 Å².